The highest BCUT2D eigenvalue weighted by Crippen LogP contribution is 2.27. The van der Waals surface area contributed by atoms with E-state index < -0.39 is 0 Å². The van der Waals surface area contributed by atoms with Gasteiger partial charge in [0.05, 0.1) is 14.2 Å². The molecule has 2 rings (SSSR count). The Morgan fingerprint density at radius 3 is 2.28 bits per heavy atom. The first-order chi connectivity index (χ1) is 8.83. The van der Waals surface area contributed by atoms with Crippen LogP contribution < -0.4 is 14.8 Å². The molecule has 94 valence electrons. The summed E-state index contributed by atoms with van der Waals surface area (Å²) in [6, 6.07) is 16.0. The van der Waals surface area contributed by atoms with Gasteiger partial charge >= 0.3 is 0 Å². The van der Waals surface area contributed by atoms with E-state index in [1.54, 1.807) is 14.2 Å². The van der Waals surface area contributed by atoms with Crippen molar-refractivity contribution in [3.63, 3.8) is 0 Å². The normalized spacial score (nSPS) is 9.89. The van der Waals surface area contributed by atoms with Crippen molar-refractivity contribution in [3.8, 4) is 11.5 Å². The van der Waals surface area contributed by atoms with Crippen LogP contribution in [0.1, 0.15) is 5.56 Å². The highest BCUT2D eigenvalue weighted by molar-refractivity contribution is 5.46. The fourth-order valence-electron chi connectivity index (χ4n) is 1.75. The number of benzene rings is 2. The summed E-state index contributed by atoms with van der Waals surface area (Å²) < 4.78 is 10.5. The fourth-order valence-corrected chi connectivity index (χ4v) is 1.75. The standard InChI is InChI=1S/C15H17NO2/c1-17-14-9-8-12(10-15(14)18-2)11-16-13-6-4-3-5-7-13/h3-10,16H,11H2,1-2H3. The van der Waals surface area contributed by atoms with E-state index in [9.17, 15) is 0 Å². The van der Waals surface area contributed by atoms with Gasteiger partial charge in [0.2, 0.25) is 0 Å². The zero-order chi connectivity index (χ0) is 12.8. The number of para-hydroxylation sites is 1. The molecule has 3 nitrogen and oxygen atoms in total. The average Bonchev–Trinajstić information content (AvgIpc) is 2.45. The Morgan fingerprint density at radius 1 is 0.889 bits per heavy atom. The molecule has 0 aliphatic carbocycles. The van der Waals surface area contributed by atoms with Crippen molar-refractivity contribution in [1.29, 1.82) is 0 Å². The largest absolute Gasteiger partial charge is 0.493 e. The molecule has 0 atom stereocenters. The number of hydrogen-bond donors (Lipinski definition) is 1. The van der Waals surface area contributed by atoms with Gasteiger partial charge in [-0.05, 0) is 29.8 Å². The molecule has 0 amide bonds. The van der Waals surface area contributed by atoms with Gasteiger partial charge in [-0.15, -0.1) is 0 Å². The van der Waals surface area contributed by atoms with Crippen LogP contribution >= 0.6 is 0 Å². The Labute approximate surface area is 107 Å². The van der Waals surface area contributed by atoms with Crippen molar-refractivity contribution >= 4 is 5.69 Å². The molecule has 0 aliphatic heterocycles. The molecule has 1 N–H and O–H groups in total. The van der Waals surface area contributed by atoms with Gasteiger partial charge in [0.25, 0.3) is 0 Å². The molecule has 0 aliphatic rings. The molecule has 0 bridgehead atoms. The Hall–Kier alpha value is -2.16. The summed E-state index contributed by atoms with van der Waals surface area (Å²) in [5.41, 5.74) is 2.25. The molecule has 18 heavy (non-hydrogen) atoms. The molecule has 0 spiro atoms. The van der Waals surface area contributed by atoms with Gasteiger partial charge in [-0.3, -0.25) is 0 Å². The van der Waals surface area contributed by atoms with Gasteiger partial charge in [-0.1, -0.05) is 24.3 Å². The number of anilines is 1. The number of hydrogen-bond acceptors (Lipinski definition) is 3. The maximum absolute atomic E-state index is 5.28. The van der Waals surface area contributed by atoms with E-state index in [1.165, 1.54) is 0 Å². The van der Waals surface area contributed by atoms with Gasteiger partial charge in [-0.2, -0.15) is 0 Å². The van der Waals surface area contributed by atoms with E-state index in [-0.39, 0.29) is 0 Å². The quantitative estimate of drug-likeness (QED) is 0.873. The van der Waals surface area contributed by atoms with Crippen molar-refractivity contribution in [2.24, 2.45) is 0 Å². The second-order valence-electron chi connectivity index (χ2n) is 3.91. The first kappa shape index (κ1) is 12.3. The van der Waals surface area contributed by atoms with Gasteiger partial charge in [0, 0.05) is 12.2 Å². The van der Waals surface area contributed by atoms with Crippen LogP contribution in [0.25, 0.3) is 0 Å². The summed E-state index contributed by atoms with van der Waals surface area (Å²) >= 11 is 0. The summed E-state index contributed by atoms with van der Waals surface area (Å²) in [4.78, 5) is 0. The van der Waals surface area contributed by atoms with Crippen molar-refractivity contribution in [2.75, 3.05) is 19.5 Å². The van der Waals surface area contributed by atoms with Crippen molar-refractivity contribution in [3.05, 3.63) is 54.1 Å². The molecular weight excluding hydrogens is 226 g/mol. The summed E-state index contributed by atoms with van der Waals surface area (Å²) in [5, 5.41) is 3.35. The molecule has 0 heterocycles. The van der Waals surface area contributed by atoms with Crippen molar-refractivity contribution in [1.82, 2.24) is 0 Å². The maximum atomic E-state index is 5.28. The fraction of sp³-hybridized carbons (Fsp3) is 0.200. The second-order valence-corrected chi connectivity index (χ2v) is 3.91. The molecule has 3 heteroatoms. The molecule has 0 aromatic heterocycles. The summed E-state index contributed by atoms with van der Waals surface area (Å²) in [6.07, 6.45) is 0. The van der Waals surface area contributed by atoms with Gasteiger partial charge in [0.1, 0.15) is 0 Å². The van der Waals surface area contributed by atoms with E-state index in [4.69, 9.17) is 9.47 Å². The van der Waals surface area contributed by atoms with Crippen molar-refractivity contribution in [2.45, 2.75) is 6.54 Å². The third kappa shape index (κ3) is 2.94. The lowest BCUT2D eigenvalue weighted by Crippen LogP contribution is -2.00. The van der Waals surface area contributed by atoms with Crippen LogP contribution in [0.5, 0.6) is 11.5 Å². The summed E-state index contributed by atoms with van der Waals surface area (Å²) in [7, 11) is 3.28. The Bertz CT molecular complexity index is 497. The van der Waals surface area contributed by atoms with E-state index in [2.05, 4.69) is 5.32 Å². The SMILES string of the molecule is COc1ccc(CNc2ccccc2)cc1OC. The van der Waals surface area contributed by atoms with Crippen molar-refractivity contribution < 1.29 is 9.47 Å². The van der Waals surface area contributed by atoms with Crippen LogP contribution in [0.2, 0.25) is 0 Å². The predicted octanol–water partition coefficient (Wildman–Crippen LogP) is 3.32. The molecule has 0 radical (unpaired) electrons. The number of methoxy groups -OCH3 is 2. The zero-order valence-corrected chi connectivity index (χ0v) is 10.6. The van der Waals surface area contributed by atoms with Gasteiger partial charge < -0.3 is 14.8 Å². The van der Waals surface area contributed by atoms with Crippen LogP contribution in [0.4, 0.5) is 5.69 Å². The minimum absolute atomic E-state index is 0.751. The zero-order valence-electron chi connectivity index (χ0n) is 10.6. The molecule has 0 saturated heterocycles. The van der Waals surface area contributed by atoms with Gasteiger partial charge in [-0.25, -0.2) is 0 Å². The Kier molecular flexibility index (Phi) is 4.07. The topological polar surface area (TPSA) is 30.5 Å². The minimum Gasteiger partial charge on any atom is -0.493 e. The highest BCUT2D eigenvalue weighted by atomic mass is 16.5. The first-order valence-corrected chi connectivity index (χ1v) is 5.83. The molecule has 0 fully saturated rings. The molecule has 2 aromatic rings. The van der Waals surface area contributed by atoms with Gasteiger partial charge in [0.15, 0.2) is 11.5 Å². The lowest BCUT2D eigenvalue weighted by molar-refractivity contribution is 0.354. The third-order valence-corrected chi connectivity index (χ3v) is 2.72. The highest BCUT2D eigenvalue weighted by Gasteiger charge is 2.04. The van der Waals surface area contributed by atoms with Crippen LogP contribution in [0.3, 0.4) is 0 Å². The number of nitrogens with one attached hydrogen (secondary N) is 1. The molecule has 0 unspecified atom stereocenters. The van der Waals surface area contributed by atoms with E-state index in [0.29, 0.717) is 0 Å². The van der Waals surface area contributed by atoms with E-state index in [1.807, 2.05) is 48.5 Å². The average molecular weight is 243 g/mol. The van der Waals surface area contributed by atoms with Crippen LogP contribution in [0, 0.1) is 0 Å². The second kappa shape index (κ2) is 5.96. The Balaban J connectivity index is 2.06. The molecule has 2 aromatic carbocycles. The van der Waals surface area contributed by atoms with Crippen LogP contribution in [-0.2, 0) is 6.54 Å². The first-order valence-electron chi connectivity index (χ1n) is 5.83. The minimum atomic E-state index is 0.751. The molecular formula is C15H17NO2. The molecule has 0 saturated carbocycles. The summed E-state index contributed by atoms with van der Waals surface area (Å²) in [6.45, 7) is 0.754. The summed E-state index contributed by atoms with van der Waals surface area (Å²) in [5.74, 6) is 1.51. The smallest absolute Gasteiger partial charge is 0.161 e. The number of ether oxygens (including phenoxy) is 2. The Morgan fingerprint density at radius 2 is 1.61 bits per heavy atom. The van der Waals surface area contributed by atoms with E-state index >= 15 is 0 Å². The van der Waals surface area contributed by atoms with E-state index in [0.717, 1.165) is 29.3 Å². The third-order valence-electron chi connectivity index (χ3n) is 2.72. The lowest BCUT2D eigenvalue weighted by atomic mass is 10.2. The monoisotopic (exact) mass is 243 g/mol. The van der Waals surface area contributed by atoms with Crippen LogP contribution in [0.15, 0.2) is 48.5 Å². The maximum Gasteiger partial charge on any atom is 0.161 e. The predicted molar refractivity (Wildman–Crippen MR) is 73.3 cm³/mol. The number of rotatable bonds is 5. The van der Waals surface area contributed by atoms with Crippen LogP contribution in [-0.4, -0.2) is 14.2 Å². The lowest BCUT2D eigenvalue weighted by Gasteiger charge is -2.10.